The smallest absolute Gasteiger partial charge is 0.336 e. The predicted octanol–water partition coefficient (Wildman–Crippen LogP) is 3.89. The van der Waals surface area contributed by atoms with Gasteiger partial charge in [0.15, 0.2) is 5.82 Å². The summed E-state index contributed by atoms with van der Waals surface area (Å²) < 4.78 is 32.4. The number of carboxylic acids is 1. The summed E-state index contributed by atoms with van der Waals surface area (Å²) in [6.45, 7) is 0. The minimum absolute atomic E-state index is 0.0766. The van der Waals surface area contributed by atoms with Crippen molar-refractivity contribution < 1.29 is 23.4 Å². The topological polar surface area (TPSA) is 59.4 Å². The van der Waals surface area contributed by atoms with Gasteiger partial charge in [-0.1, -0.05) is 0 Å². The molecule has 0 aliphatic carbocycles. The Morgan fingerprint density at radius 3 is 2.43 bits per heavy atom. The monoisotopic (exact) mass is 315 g/mol. The van der Waals surface area contributed by atoms with Crippen molar-refractivity contribution in [3.63, 3.8) is 0 Å². The van der Waals surface area contributed by atoms with E-state index in [0.29, 0.717) is 17.4 Å². The van der Waals surface area contributed by atoms with Crippen LogP contribution in [0.1, 0.15) is 10.4 Å². The van der Waals surface area contributed by atoms with Gasteiger partial charge in [0.25, 0.3) is 0 Å². The van der Waals surface area contributed by atoms with E-state index in [4.69, 9.17) is 4.74 Å². The van der Waals surface area contributed by atoms with Gasteiger partial charge in [0.05, 0.1) is 18.4 Å². The number of pyridine rings is 1. The zero-order chi connectivity index (χ0) is 16.6. The second kappa shape index (κ2) is 5.64. The molecule has 1 N–H and O–H groups in total. The Balaban J connectivity index is 2.27. The molecule has 3 aromatic rings. The number of benzene rings is 2. The lowest BCUT2D eigenvalue weighted by atomic mass is 10.0. The average Bonchev–Trinajstić information content (AvgIpc) is 2.54. The molecule has 0 radical (unpaired) electrons. The molecule has 1 aromatic heterocycles. The third-order valence-electron chi connectivity index (χ3n) is 3.45. The van der Waals surface area contributed by atoms with Crippen LogP contribution in [-0.2, 0) is 0 Å². The van der Waals surface area contributed by atoms with E-state index in [2.05, 4.69) is 4.98 Å². The molecule has 0 fully saturated rings. The van der Waals surface area contributed by atoms with Crippen LogP contribution < -0.4 is 4.74 Å². The molecule has 116 valence electrons. The molecule has 6 heteroatoms. The van der Waals surface area contributed by atoms with Crippen LogP contribution >= 0.6 is 0 Å². The third-order valence-corrected chi connectivity index (χ3v) is 3.45. The summed E-state index contributed by atoms with van der Waals surface area (Å²) in [6.07, 6.45) is 0. The molecule has 0 atom stereocenters. The number of rotatable bonds is 3. The zero-order valence-electron chi connectivity index (χ0n) is 12.0. The van der Waals surface area contributed by atoms with Crippen LogP contribution in [0.3, 0.4) is 0 Å². The lowest BCUT2D eigenvalue weighted by Gasteiger charge is -2.09. The summed E-state index contributed by atoms with van der Waals surface area (Å²) in [5, 5.41) is 9.25. The molecule has 4 nitrogen and oxygen atoms in total. The number of carbonyl (C=O) groups is 1. The third kappa shape index (κ3) is 2.70. The normalized spacial score (nSPS) is 10.7. The highest BCUT2D eigenvalue weighted by atomic mass is 19.1. The first kappa shape index (κ1) is 14.9. The van der Waals surface area contributed by atoms with E-state index in [-0.39, 0.29) is 22.2 Å². The highest BCUT2D eigenvalue weighted by Crippen LogP contribution is 2.28. The van der Waals surface area contributed by atoms with Crippen molar-refractivity contribution in [2.75, 3.05) is 7.11 Å². The number of methoxy groups -OCH3 is 1. The lowest BCUT2D eigenvalue weighted by Crippen LogP contribution is -2.02. The van der Waals surface area contributed by atoms with Crippen molar-refractivity contribution in [3.05, 3.63) is 59.7 Å². The second-order valence-electron chi connectivity index (χ2n) is 4.87. The van der Waals surface area contributed by atoms with Crippen LogP contribution in [-0.4, -0.2) is 23.2 Å². The Labute approximate surface area is 130 Å². The SMILES string of the molecule is COc1ccc(-c2cc(C(=O)O)c3cc(F)cc(F)c3n2)cc1. The fourth-order valence-electron chi connectivity index (χ4n) is 2.34. The van der Waals surface area contributed by atoms with Gasteiger partial charge in [0, 0.05) is 17.0 Å². The summed E-state index contributed by atoms with van der Waals surface area (Å²) in [5.41, 5.74) is 0.485. The number of aromatic nitrogens is 1. The maximum atomic E-state index is 14.0. The molecule has 23 heavy (non-hydrogen) atoms. The molecule has 0 aliphatic heterocycles. The van der Waals surface area contributed by atoms with Crippen molar-refractivity contribution in [1.29, 1.82) is 0 Å². The Morgan fingerprint density at radius 2 is 1.83 bits per heavy atom. The molecule has 0 amide bonds. The van der Waals surface area contributed by atoms with Gasteiger partial charge in [-0.2, -0.15) is 0 Å². The maximum Gasteiger partial charge on any atom is 0.336 e. The number of hydrogen-bond donors (Lipinski definition) is 1. The molecule has 0 bridgehead atoms. The van der Waals surface area contributed by atoms with Crippen LogP contribution in [0.15, 0.2) is 42.5 Å². The Hall–Kier alpha value is -3.02. The van der Waals surface area contributed by atoms with Crippen molar-refractivity contribution in [1.82, 2.24) is 4.98 Å². The first-order chi connectivity index (χ1) is 11.0. The van der Waals surface area contributed by atoms with Crippen LogP contribution in [0.25, 0.3) is 22.2 Å². The highest BCUT2D eigenvalue weighted by Gasteiger charge is 2.16. The molecular weight excluding hydrogens is 304 g/mol. The van der Waals surface area contributed by atoms with Crippen molar-refractivity contribution in [3.8, 4) is 17.0 Å². The van der Waals surface area contributed by atoms with E-state index in [1.807, 2.05) is 0 Å². The minimum atomic E-state index is -1.28. The Bertz CT molecular complexity index is 908. The van der Waals surface area contributed by atoms with Crippen molar-refractivity contribution >= 4 is 16.9 Å². The summed E-state index contributed by atoms with van der Waals surface area (Å²) in [4.78, 5) is 15.6. The summed E-state index contributed by atoms with van der Waals surface area (Å²) in [6, 6.07) is 9.67. The number of ether oxygens (including phenoxy) is 1. The highest BCUT2D eigenvalue weighted by molar-refractivity contribution is 6.03. The first-order valence-electron chi connectivity index (χ1n) is 6.67. The molecule has 2 aromatic carbocycles. The number of halogens is 2. The minimum Gasteiger partial charge on any atom is -0.497 e. The molecular formula is C17H11F2NO3. The fraction of sp³-hybridized carbons (Fsp3) is 0.0588. The van der Waals surface area contributed by atoms with E-state index >= 15 is 0 Å². The van der Waals surface area contributed by atoms with Crippen molar-refractivity contribution in [2.45, 2.75) is 0 Å². The first-order valence-corrected chi connectivity index (χ1v) is 6.67. The number of nitrogens with zero attached hydrogens (tertiary/aromatic N) is 1. The molecule has 0 spiro atoms. The Morgan fingerprint density at radius 1 is 1.13 bits per heavy atom. The van der Waals surface area contributed by atoms with Crippen LogP contribution in [0.5, 0.6) is 5.75 Å². The van der Waals surface area contributed by atoms with E-state index in [1.165, 1.54) is 13.2 Å². The molecule has 1 heterocycles. The number of carboxylic acid groups (broad SMARTS) is 1. The van der Waals surface area contributed by atoms with Gasteiger partial charge in [-0.25, -0.2) is 18.6 Å². The van der Waals surface area contributed by atoms with Crippen molar-refractivity contribution in [2.24, 2.45) is 0 Å². The molecule has 0 unspecified atom stereocenters. The van der Waals surface area contributed by atoms with Gasteiger partial charge in [-0.15, -0.1) is 0 Å². The lowest BCUT2D eigenvalue weighted by molar-refractivity contribution is 0.0699. The maximum absolute atomic E-state index is 14.0. The summed E-state index contributed by atoms with van der Waals surface area (Å²) in [5.74, 6) is -2.41. The van der Waals surface area contributed by atoms with Gasteiger partial charge in [-0.3, -0.25) is 0 Å². The van der Waals surface area contributed by atoms with E-state index in [9.17, 15) is 18.7 Å². The van der Waals surface area contributed by atoms with Crippen LogP contribution in [0.4, 0.5) is 8.78 Å². The van der Waals surface area contributed by atoms with E-state index in [0.717, 1.165) is 6.07 Å². The van der Waals surface area contributed by atoms with Gasteiger partial charge >= 0.3 is 5.97 Å². The zero-order valence-corrected chi connectivity index (χ0v) is 12.0. The molecule has 0 saturated carbocycles. The number of fused-ring (bicyclic) bond motifs is 1. The van der Waals surface area contributed by atoms with Crippen LogP contribution in [0.2, 0.25) is 0 Å². The quantitative estimate of drug-likeness (QED) is 0.796. The van der Waals surface area contributed by atoms with Crippen LogP contribution in [0, 0.1) is 11.6 Å². The standard InChI is InChI=1S/C17H11F2NO3/c1-23-11-4-2-9(3-5-11)15-8-13(17(21)22)12-6-10(18)7-14(19)16(12)20-15/h2-8H,1H3,(H,21,22). The summed E-state index contributed by atoms with van der Waals surface area (Å²) in [7, 11) is 1.52. The van der Waals surface area contributed by atoms with Gasteiger partial charge in [0.1, 0.15) is 17.1 Å². The largest absolute Gasteiger partial charge is 0.497 e. The van der Waals surface area contributed by atoms with Gasteiger partial charge in [0.2, 0.25) is 0 Å². The fourth-order valence-corrected chi connectivity index (χ4v) is 2.34. The van der Waals surface area contributed by atoms with E-state index in [1.54, 1.807) is 24.3 Å². The van der Waals surface area contributed by atoms with Gasteiger partial charge in [-0.05, 0) is 36.4 Å². The molecule has 0 aliphatic rings. The van der Waals surface area contributed by atoms with Gasteiger partial charge < -0.3 is 9.84 Å². The predicted molar refractivity (Wildman–Crippen MR) is 80.6 cm³/mol. The average molecular weight is 315 g/mol. The molecule has 3 rings (SSSR count). The number of aromatic carboxylic acids is 1. The van der Waals surface area contributed by atoms with E-state index < -0.39 is 17.6 Å². The Kier molecular flexibility index (Phi) is 3.65. The molecule has 0 saturated heterocycles. The second-order valence-corrected chi connectivity index (χ2v) is 4.87. The number of hydrogen-bond acceptors (Lipinski definition) is 3. The summed E-state index contributed by atoms with van der Waals surface area (Å²) >= 11 is 0.